The van der Waals surface area contributed by atoms with Gasteiger partial charge in [-0.1, -0.05) is 11.6 Å². The molecular formula is C16H20ClNO3. The Hall–Kier alpha value is -1.39. The minimum atomic E-state index is -0.932. The highest BCUT2D eigenvalue weighted by atomic mass is 35.5. The normalized spacial score (nSPS) is 16.9. The molecule has 2 rings (SSSR count). The molecule has 1 aliphatic heterocycles. The first kappa shape index (κ1) is 16.0. The smallest absolute Gasteiger partial charge is 0.304 e. The van der Waals surface area contributed by atoms with Crippen LogP contribution in [0.3, 0.4) is 0 Å². The van der Waals surface area contributed by atoms with Crippen molar-refractivity contribution in [3.63, 3.8) is 0 Å². The zero-order valence-corrected chi connectivity index (χ0v) is 12.9. The average Bonchev–Trinajstić information content (AvgIpc) is 2.93. The second-order valence-electron chi connectivity index (χ2n) is 5.63. The number of carboxylic acid groups (broad SMARTS) is 1. The molecule has 0 saturated carbocycles. The van der Waals surface area contributed by atoms with Crippen LogP contribution in [-0.4, -0.2) is 41.4 Å². The summed E-state index contributed by atoms with van der Waals surface area (Å²) in [7, 11) is 0. The fraction of sp³-hybridized carbons (Fsp3) is 0.500. The minimum Gasteiger partial charge on any atom is -0.481 e. The van der Waals surface area contributed by atoms with Crippen molar-refractivity contribution < 1.29 is 14.7 Å². The van der Waals surface area contributed by atoms with Crippen LogP contribution in [0.2, 0.25) is 5.02 Å². The number of Topliss-reactive ketones (excluding diaryl/α,β-unsaturated/α-hetero) is 1. The van der Waals surface area contributed by atoms with E-state index in [9.17, 15) is 9.59 Å². The Labute approximate surface area is 129 Å². The molecule has 1 aromatic rings. The zero-order chi connectivity index (χ0) is 15.4. The molecule has 1 N–H and O–H groups in total. The van der Waals surface area contributed by atoms with Crippen LogP contribution >= 0.6 is 11.6 Å². The Morgan fingerprint density at radius 3 is 2.57 bits per heavy atom. The molecule has 0 spiro atoms. The molecule has 21 heavy (non-hydrogen) atoms. The van der Waals surface area contributed by atoms with Crippen molar-refractivity contribution >= 4 is 23.4 Å². The van der Waals surface area contributed by atoms with Gasteiger partial charge in [0.2, 0.25) is 0 Å². The quantitative estimate of drug-likeness (QED) is 0.821. The van der Waals surface area contributed by atoms with Crippen molar-refractivity contribution in [2.24, 2.45) is 5.92 Å². The lowest BCUT2D eigenvalue weighted by Gasteiger charge is -2.21. The van der Waals surface area contributed by atoms with Crippen molar-refractivity contribution in [2.45, 2.75) is 26.2 Å². The lowest BCUT2D eigenvalue weighted by molar-refractivity contribution is -0.137. The number of carboxylic acids is 1. The molecule has 0 aliphatic carbocycles. The summed E-state index contributed by atoms with van der Waals surface area (Å²) >= 11 is 5.97. The summed E-state index contributed by atoms with van der Waals surface area (Å²) in [6.07, 6.45) is 2.11. The minimum absolute atomic E-state index is 0.107. The number of nitrogens with zero attached hydrogens (tertiary/aromatic N) is 1. The first-order chi connectivity index (χ1) is 9.97. The van der Waals surface area contributed by atoms with Crippen molar-refractivity contribution in [3.05, 3.63) is 34.3 Å². The van der Waals surface area contributed by atoms with Crippen molar-refractivity contribution in [2.75, 3.05) is 19.6 Å². The number of ketones is 1. The first-order valence-corrected chi connectivity index (χ1v) is 7.59. The second-order valence-corrected chi connectivity index (χ2v) is 6.04. The lowest BCUT2D eigenvalue weighted by Crippen LogP contribution is -2.32. The molecular weight excluding hydrogens is 290 g/mol. The van der Waals surface area contributed by atoms with Gasteiger partial charge in [0.15, 0.2) is 5.78 Å². The maximum absolute atomic E-state index is 12.6. The van der Waals surface area contributed by atoms with E-state index < -0.39 is 11.9 Å². The average molecular weight is 310 g/mol. The SMILES string of the molecule is Cc1cc(C(=O)C(CC(=O)O)CN2CCCC2)ccc1Cl. The Morgan fingerprint density at radius 1 is 1.33 bits per heavy atom. The van der Waals surface area contributed by atoms with E-state index in [4.69, 9.17) is 16.7 Å². The van der Waals surface area contributed by atoms with Gasteiger partial charge < -0.3 is 10.0 Å². The molecule has 1 aromatic carbocycles. The molecule has 1 atom stereocenters. The van der Waals surface area contributed by atoms with Crippen molar-refractivity contribution in [3.8, 4) is 0 Å². The molecule has 1 fully saturated rings. The van der Waals surface area contributed by atoms with Crippen LogP contribution in [-0.2, 0) is 4.79 Å². The number of hydrogen-bond donors (Lipinski definition) is 1. The molecule has 0 aromatic heterocycles. The number of benzene rings is 1. The summed E-state index contributed by atoms with van der Waals surface area (Å²) in [4.78, 5) is 25.8. The van der Waals surface area contributed by atoms with Gasteiger partial charge in [-0.25, -0.2) is 0 Å². The maximum Gasteiger partial charge on any atom is 0.304 e. The van der Waals surface area contributed by atoms with Crippen LogP contribution in [0.15, 0.2) is 18.2 Å². The molecule has 5 heteroatoms. The number of hydrogen-bond acceptors (Lipinski definition) is 3. The number of aryl methyl sites for hydroxylation is 1. The Bertz CT molecular complexity index is 538. The molecule has 1 saturated heterocycles. The van der Waals surface area contributed by atoms with E-state index in [1.165, 1.54) is 0 Å². The number of carbonyl (C=O) groups excluding carboxylic acids is 1. The monoisotopic (exact) mass is 309 g/mol. The predicted molar refractivity (Wildman–Crippen MR) is 81.9 cm³/mol. The molecule has 4 nitrogen and oxygen atoms in total. The van der Waals surface area contributed by atoms with Gasteiger partial charge in [0, 0.05) is 23.0 Å². The third-order valence-electron chi connectivity index (χ3n) is 3.91. The van der Waals surface area contributed by atoms with E-state index in [0.717, 1.165) is 31.5 Å². The van der Waals surface area contributed by atoms with Crippen molar-refractivity contribution in [1.82, 2.24) is 4.90 Å². The summed E-state index contributed by atoms with van der Waals surface area (Å²) in [5, 5.41) is 9.67. The standard InChI is InChI=1S/C16H20ClNO3/c1-11-8-12(4-5-14(11)17)16(21)13(9-15(19)20)10-18-6-2-3-7-18/h4-5,8,13H,2-3,6-7,9-10H2,1H3,(H,19,20). The maximum atomic E-state index is 12.6. The molecule has 114 valence electrons. The largest absolute Gasteiger partial charge is 0.481 e. The number of likely N-dealkylation sites (tertiary alicyclic amines) is 1. The lowest BCUT2D eigenvalue weighted by atomic mass is 9.93. The van der Waals surface area contributed by atoms with Gasteiger partial charge in [-0.05, 0) is 56.6 Å². The van der Waals surface area contributed by atoms with Gasteiger partial charge in [0.05, 0.1) is 6.42 Å². The molecule has 0 radical (unpaired) electrons. The molecule has 1 unspecified atom stereocenters. The summed E-state index contributed by atoms with van der Waals surface area (Å²) in [5.74, 6) is -1.54. The van der Waals surface area contributed by atoms with Crippen molar-refractivity contribution in [1.29, 1.82) is 0 Å². The molecule has 0 bridgehead atoms. The van der Waals surface area contributed by atoms with Gasteiger partial charge in [-0.15, -0.1) is 0 Å². The molecule has 1 heterocycles. The number of halogens is 1. The summed E-state index contributed by atoms with van der Waals surface area (Å²) in [5.41, 5.74) is 1.38. The summed E-state index contributed by atoms with van der Waals surface area (Å²) in [6, 6.07) is 5.11. The van der Waals surface area contributed by atoms with Gasteiger partial charge in [-0.3, -0.25) is 9.59 Å². The van der Waals surface area contributed by atoms with Crippen LogP contribution < -0.4 is 0 Å². The Morgan fingerprint density at radius 2 is 2.00 bits per heavy atom. The Balaban J connectivity index is 2.15. The topological polar surface area (TPSA) is 57.6 Å². The van der Waals surface area contributed by atoms with E-state index in [2.05, 4.69) is 4.90 Å². The van der Waals surface area contributed by atoms with Gasteiger partial charge in [-0.2, -0.15) is 0 Å². The van der Waals surface area contributed by atoms with Crippen LogP contribution in [0.4, 0.5) is 0 Å². The highest BCUT2D eigenvalue weighted by Crippen LogP contribution is 2.21. The Kier molecular flexibility index (Phi) is 5.37. The third kappa shape index (κ3) is 4.29. The summed E-state index contributed by atoms with van der Waals surface area (Å²) < 4.78 is 0. The van der Waals surface area contributed by atoms with Crippen LogP contribution in [0.5, 0.6) is 0 Å². The number of carbonyl (C=O) groups is 2. The fourth-order valence-corrected chi connectivity index (χ4v) is 2.88. The predicted octanol–water partition coefficient (Wildman–Crippen LogP) is 3.02. The van der Waals surface area contributed by atoms with Crippen LogP contribution in [0.1, 0.15) is 35.2 Å². The second kappa shape index (κ2) is 7.05. The summed E-state index contributed by atoms with van der Waals surface area (Å²) in [6.45, 7) is 4.25. The highest BCUT2D eigenvalue weighted by Gasteiger charge is 2.26. The molecule has 1 aliphatic rings. The van der Waals surface area contributed by atoms with Gasteiger partial charge in [0.1, 0.15) is 0 Å². The van der Waals surface area contributed by atoms with Gasteiger partial charge >= 0.3 is 5.97 Å². The van der Waals surface area contributed by atoms with Gasteiger partial charge in [0.25, 0.3) is 0 Å². The first-order valence-electron chi connectivity index (χ1n) is 7.22. The highest BCUT2D eigenvalue weighted by molar-refractivity contribution is 6.31. The number of rotatable bonds is 6. The number of aliphatic carboxylic acids is 1. The van der Waals surface area contributed by atoms with Crippen LogP contribution in [0.25, 0.3) is 0 Å². The van der Waals surface area contributed by atoms with E-state index in [-0.39, 0.29) is 12.2 Å². The van der Waals surface area contributed by atoms with E-state index in [1.807, 2.05) is 6.92 Å². The van der Waals surface area contributed by atoms with E-state index in [0.29, 0.717) is 17.1 Å². The molecule has 0 amide bonds. The van der Waals surface area contributed by atoms with E-state index >= 15 is 0 Å². The fourth-order valence-electron chi connectivity index (χ4n) is 2.76. The zero-order valence-electron chi connectivity index (χ0n) is 12.1. The third-order valence-corrected chi connectivity index (χ3v) is 4.34. The van der Waals surface area contributed by atoms with E-state index in [1.54, 1.807) is 18.2 Å². The van der Waals surface area contributed by atoms with Crippen LogP contribution in [0, 0.1) is 12.8 Å².